The molecule has 0 aliphatic carbocycles. The maximum atomic E-state index is 13.4. The summed E-state index contributed by atoms with van der Waals surface area (Å²) in [5.74, 6) is 0.612. The summed E-state index contributed by atoms with van der Waals surface area (Å²) in [6, 6.07) is 14.6. The fourth-order valence-corrected chi connectivity index (χ4v) is 4.11. The van der Waals surface area contributed by atoms with Crippen LogP contribution in [0, 0.1) is 0 Å². The van der Waals surface area contributed by atoms with E-state index in [1.165, 1.54) is 18.4 Å². The lowest BCUT2D eigenvalue weighted by Crippen LogP contribution is -2.13. The van der Waals surface area contributed by atoms with E-state index in [0.29, 0.717) is 11.3 Å². The standard InChI is InChI=1S/C20H13ClF3N3O3S/c21-15-10-14(7-8-18(15)31(25,28)29)27-16(11-19(26-27)20(22,23)24)12-3-5-13(6-4-12)17-2-1-9-30-17/h1-11H,(H2,25,28,29). The molecule has 0 aliphatic rings. The summed E-state index contributed by atoms with van der Waals surface area (Å²) in [5.41, 5.74) is 0.362. The van der Waals surface area contributed by atoms with E-state index in [1.54, 1.807) is 36.4 Å². The molecule has 0 bridgehead atoms. The van der Waals surface area contributed by atoms with E-state index in [0.717, 1.165) is 22.4 Å². The van der Waals surface area contributed by atoms with Crippen molar-refractivity contribution in [2.45, 2.75) is 11.1 Å². The molecule has 4 aromatic rings. The van der Waals surface area contributed by atoms with Crippen LogP contribution in [0.15, 0.2) is 76.2 Å². The third-order valence-corrected chi connectivity index (χ3v) is 5.85. The van der Waals surface area contributed by atoms with Gasteiger partial charge in [-0.3, -0.25) is 0 Å². The first kappa shape index (κ1) is 21.2. The second-order valence-electron chi connectivity index (χ2n) is 6.54. The van der Waals surface area contributed by atoms with Gasteiger partial charge in [-0.1, -0.05) is 35.9 Å². The smallest absolute Gasteiger partial charge is 0.435 e. The number of sulfonamides is 1. The van der Waals surface area contributed by atoms with Crippen LogP contribution in [0.4, 0.5) is 13.2 Å². The lowest BCUT2D eigenvalue weighted by molar-refractivity contribution is -0.141. The number of alkyl halides is 3. The molecule has 0 saturated heterocycles. The predicted molar refractivity (Wildman–Crippen MR) is 108 cm³/mol. The fourth-order valence-electron chi connectivity index (χ4n) is 3.02. The van der Waals surface area contributed by atoms with Crippen LogP contribution in [0.3, 0.4) is 0 Å². The number of rotatable bonds is 4. The van der Waals surface area contributed by atoms with E-state index in [4.69, 9.17) is 21.2 Å². The number of aromatic nitrogens is 2. The molecule has 0 radical (unpaired) electrons. The number of hydrogen-bond donors (Lipinski definition) is 1. The van der Waals surface area contributed by atoms with Gasteiger partial charge in [-0.2, -0.15) is 18.3 Å². The summed E-state index contributed by atoms with van der Waals surface area (Å²) in [6.45, 7) is 0. The van der Waals surface area contributed by atoms with E-state index in [-0.39, 0.29) is 21.3 Å². The van der Waals surface area contributed by atoms with Gasteiger partial charge in [-0.05, 0) is 36.4 Å². The Bertz CT molecular complexity index is 1350. The second kappa shape index (κ2) is 7.56. The molecular weight excluding hydrogens is 455 g/mol. The predicted octanol–water partition coefficient (Wildman–Crippen LogP) is 5.12. The second-order valence-corrected chi connectivity index (χ2v) is 8.48. The molecule has 4 rings (SSSR count). The van der Waals surface area contributed by atoms with Crippen LogP contribution in [0.25, 0.3) is 28.3 Å². The zero-order valence-corrected chi connectivity index (χ0v) is 17.0. The summed E-state index contributed by atoms with van der Waals surface area (Å²) in [7, 11) is -4.09. The summed E-state index contributed by atoms with van der Waals surface area (Å²) >= 11 is 6.00. The molecular formula is C20H13ClF3N3O3S. The fraction of sp³-hybridized carbons (Fsp3) is 0.0500. The SMILES string of the molecule is NS(=O)(=O)c1ccc(-n2nc(C(F)(F)F)cc2-c2ccc(-c3ccco3)cc2)cc1Cl. The van der Waals surface area contributed by atoms with Gasteiger partial charge in [0.05, 0.1) is 22.7 Å². The van der Waals surface area contributed by atoms with Crippen LogP contribution in [0.5, 0.6) is 0 Å². The Labute approximate surface area is 179 Å². The first-order chi connectivity index (χ1) is 14.5. The van der Waals surface area contributed by atoms with Crippen molar-refractivity contribution in [3.63, 3.8) is 0 Å². The quantitative estimate of drug-likeness (QED) is 0.451. The highest BCUT2D eigenvalue weighted by molar-refractivity contribution is 7.89. The highest BCUT2D eigenvalue weighted by Gasteiger charge is 2.35. The summed E-state index contributed by atoms with van der Waals surface area (Å²) in [4.78, 5) is -0.342. The van der Waals surface area contributed by atoms with Crippen molar-refractivity contribution < 1.29 is 26.0 Å². The minimum Gasteiger partial charge on any atom is -0.464 e. The Kier molecular flexibility index (Phi) is 5.16. The van der Waals surface area contributed by atoms with E-state index in [2.05, 4.69) is 5.10 Å². The van der Waals surface area contributed by atoms with E-state index in [1.807, 2.05) is 0 Å². The molecule has 2 aromatic heterocycles. The Morgan fingerprint density at radius 1 is 1.00 bits per heavy atom. The zero-order chi connectivity index (χ0) is 22.4. The van der Waals surface area contributed by atoms with Gasteiger partial charge in [0.2, 0.25) is 10.0 Å². The first-order valence-electron chi connectivity index (χ1n) is 8.68. The number of primary sulfonamides is 1. The molecule has 31 heavy (non-hydrogen) atoms. The van der Waals surface area contributed by atoms with Gasteiger partial charge >= 0.3 is 6.18 Å². The highest BCUT2D eigenvalue weighted by Crippen LogP contribution is 2.35. The van der Waals surface area contributed by atoms with Crippen LogP contribution in [-0.2, 0) is 16.2 Å². The van der Waals surface area contributed by atoms with Crippen molar-refractivity contribution in [3.05, 3.63) is 77.6 Å². The number of halogens is 4. The molecule has 0 spiro atoms. The van der Waals surface area contributed by atoms with Gasteiger partial charge in [0.1, 0.15) is 10.7 Å². The Balaban J connectivity index is 1.84. The molecule has 0 aliphatic heterocycles. The Morgan fingerprint density at radius 3 is 2.23 bits per heavy atom. The van der Waals surface area contributed by atoms with Crippen molar-refractivity contribution in [1.29, 1.82) is 0 Å². The molecule has 0 amide bonds. The van der Waals surface area contributed by atoms with Crippen LogP contribution in [0.1, 0.15) is 5.69 Å². The van der Waals surface area contributed by atoms with Gasteiger partial charge in [0.25, 0.3) is 0 Å². The molecule has 0 fully saturated rings. The number of hydrogen-bond acceptors (Lipinski definition) is 4. The van der Waals surface area contributed by atoms with Crippen molar-refractivity contribution in [2.24, 2.45) is 5.14 Å². The number of benzene rings is 2. The van der Waals surface area contributed by atoms with Crippen molar-refractivity contribution in [1.82, 2.24) is 9.78 Å². The highest BCUT2D eigenvalue weighted by atomic mass is 35.5. The lowest BCUT2D eigenvalue weighted by Gasteiger charge is -2.10. The van der Waals surface area contributed by atoms with Crippen molar-refractivity contribution in [2.75, 3.05) is 0 Å². The van der Waals surface area contributed by atoms with E-state index < -0.39 is 21.9 Å². The maximum absolute atomic E-state index is 13.4. The molecule has 160 valence electrons. The Hall–Kier alpha value is -3.08. The lowest BCUT2D eigenvalue weighted by atomic mass is 10.1. The summed E-state index contributed by atoms with van der Waals surface area (Å²) in [5, 5.41) is 8.53. The zero-order valence-electron chi connectivity index (χ0n) is 15.5. The molecule has 6 nitrogen and oxygen atoms in total. The molecule has 2 N–H and O–H groups in total. The van der Waals surface area contributed by atoms with Gasteiger partial charge in [0.15, 0.2) is 5.69 Å². The average molecular weight is 468 g/mol. The van der Waals surface area contributed by atoms with E-state index in [9.17, 15) is 21.6 Å². The van der Waals surface area contributed by atoms with Crippen LogP contribution < -0.4 is 5.14 Å². The number of furan rings is 1. The third kappa shape index (κ3) is 4.22. The molecule has 0 atom stereocenters. The number of nitrogens with zero attached hydrogens (tertiary/aromatic N) is 2. The Morgan fingerprint density at radius 2 is 1.68 bits per heavy atom. The average Bonchev–Trinajstić information content (AvgIpc) is 3.37. The van der Waals surface area contributed by atoms with Gasteiger partial charge < -0.3 is 4.42 Å². The molecule has 11 heteroatoms. The van der Waals surface area contributed by atoms with Crippen LogP contribution in [-0.4, -0.2) is 18.2 Å². The van der Waals surface area contributed by atoms with Crippen molar-refractivity contribution in [3.8, 4) is 28.3 Å². The number of nitrogens with two attached hydrogens (primary N) is 1. The maximum Gasteiger partial charge on any atom is 0.435 e. The van der Waals surface area contributed by atoms with Crippen LogP contribution in [0.2, 0.25) is 5.02 Å². The van der Waals surface area contributed by atoms with Crippen molar-refractivity contribution >= 4 is 21.6 Å². The summed E-state index contributed by atoms with van der Waals surface area (Å²) < 4.78 is 69.6. The third-order valence-electron chi connectivity index (χ3n) is 4.45. The summed E-state index contributed by atoms with van der Waals surface area (Å²) in [6.07, 6.45) is -3.17. The minimum atomic E-state index is -4.68. The normalized spacial score (nSPS) is 12.3. The molecule has 2 heterocycles. The molecule has 2 aromatic carbocycles. The topological polar surface area (TPSA) is 91.1 Å². The largest absolute Gasteiger partial charge is 0.464 e. The van der Waals surface area contributed by atoms with Gasteiger partial charge in [-0.15, -0.1) is 0 Å². The van der Waals surface area contributed by atoms with Gasteiger partial charge in [0, 0.05) is 11.1 Å². The van der Waals surface area contributed by atoms with E-state index >= 15 is 0 Å². The van der Waals surface area contributed by atoms with Gasteiger partial charge in [-0.25, -0.2) is 18.2 Å². The first-order valence-corrected chi connectivity index (χ1v) is 10.6. The molecule has 0 unspecified atom stereocenters. The minimum absolute atomic E-state index is 0.137. The van der Waals surface area contributed by atoms with Crippen LogP contribution >= 0.6 is 11.6 Å². The molecule has 0 saturated carbocycles. The monoisotopic (exact) mass is 467 g/mol.